The number of piperidine rings is 1. The number of ether oxygens (including phenoxy) is 1. The van der Waals surface area contributed by atoms with E-state index in [2.05, 4.69) is 10.2 Å². The first-order valence-corrected chi connectivity index (χ1v) is 9.32. The number of benzene rings is 1. The summed E-state index contributed by atoms with van der Waals surface area (Å²) in [6, 6.07) is 7.39. The lowest BCUT2D eigenvalue weighted by molar-refractivity contribution is 0.0703. The Hall–Kier alpha value is -2.41. The van der Waals surface area contributed by atoms with Gasteiger partial charge in [-0.2, -0.15) is 5.10 Å². The zero-order valence-corrected chi connectivity index (χ0v) is 14.9. The van der Waals surface area contributed by atoms with E-state index in [9.17, 15) is 13.6 Å². The van der Waals surface area contributed by atoms with Crippen LogP contribution in [-0.2, 0) is 4.74 Å². The van der Waals surface area contributed by atoms with E-state index < -0.39 is 11.6 Å². The average molecular weight is 373 g/mol. The molecule has 0 radical (unpaired) electrons. The predicted molar refractivity (Wildman–Crippen MR) is 94.2 cm³/mol. The van der Waals surface area contributed by atoms with Crippen LogP contribution in [0.15, 0.2) is 30.3 Å². The highest BCUT2D eigenvalue weighted by atomic mass is 19.1. The molecule has 2 aromatic rings. The summed E-state index contributed by atoms with van der Waals surface area (Å²) in [6.45, 7) is 1.60. The quantitative estimate of drug-likeness (QED) is 0.825. The molecule has 2 aliphatic heterocycles. The molecule has 5 nitrogen and oxygen atoms in total. The molecule has 0 aliphatic carbocycles. The summed E-state index contributed by atoms with van der Waals surface area (Å²) in [5.74, 6) is -1.46. The molecular weight excluding hydrogens is 352 g/mol. The van der Waals surface area contributed by atoms with Crippen LogP contribution in [0.4, 0.5) is 8.78 Å². The van der Waals surface area contributed by atoms with Gasteiger partial charge in [0.2, 0.25) is 0 Å². The molecule has 3 heterocycles. The maximum Gasteiger partial charge on any atom is 0.274 e. The van der Waals surface area contributed by atoms with Crippen LogP contribution in [0, 0.1) is 11.6 Å². The molecule has 1 amide bonds. The molecule has 7 heteroatoms. The van der Waals surface area contributed by atoms with Crippen molar-refractivity contribution in [2.45, 2.75) is 37.7 Å². The molecule has 1 aromatic heterocycles. The number of aromatic nitrogens is 2. The number of nitrogens with zero attached hydrogens (tertiary/aromatic N) is 3. The zero-order valence-electron chi connectivity index (χ0n) is 14.9. The Morgan fingerprint density at radius 1 is 1.04 bits per heavy atom. The van der Waals surface area contributed by atoms with Crippen molar-refractivity contribution >= 4 is 5.91 Å². The van der Waals surface area contributed by atoms with Gasteiger partial charge in [-0.15, -0.1) is 5.10 Å². The molecule has 1 atom stereocenters. The smallest absolute Gasteiger partial charge is 0.274 e. The number of halogens is 2. The van der Waals surface area contributed by atoms with Gasteiger partial charge in [0.25, 0.3) is 5.91 Å². The molecule has 2 fully saturated rings. The van der Waals surface area contributed by atoms with Gasteiger partial charge in [0, 0.05) is 25.3 Å². The summed E-state index contributed by atoms with van der Waals surface area (Å²) in [7, 11) is 0. The van der Waals surface area contributed by atoms with Gasteiger partial charge < -0.3 is 9.64 Å². The number of carbonyl (C=O) groups excluding carboxylic acids is 1. The van der Waals surface area contributed by atoms with E-state index in [4.69, 9.17) is 4.74 Å². The summed E-state index contributed by atoms with van der Waals surface area (Å²) in [5.41, 5.74) is 1.16. The summed E-state index contributed by atoms with van der Waals surface area (Å²) in [4.78, 5) is 14.3. The van der Waals surface area contributed by atoms with Crippen molar-refractivity contribution in [3.63, 3.8) is 0 Å². The van der Waals surface area contributed by atoms with Gasteiger partial charge in [0.15, 0.2) is 5.69 Å². The van der Waals surface area contributed by atoms with Gasteiger partial charge in [0.05, 0.1) is 5.69 Å². The normalized spacial score (nSPS) is 20.8. The number of hydrogen-bond acceptors (Lipinski definition) is 4. The Kier molecular flexibility index (Phi) is 5.11. The van der Waals surface area contributed by atoms with E-state index in [1.54, 1.807) is 17.0 Å². The van der Waals surface area contributed by atoms with Gasteiger partial charge in [-0.1, -0.05) is 6.07 Å². The molecule has 4 rings (SSSR count). The molecule has 0 saturated carbocycles. The van der Waals surface area contributed by atoms with Crippen LogP contribution in [0.3, 0.4) is 0 Å². The van der Waals surface area contributed by atoms with Crippen molar-refractivity contribution in [2.75, 3.05) is 19.7 Å². The van der Waals surface area contributed by atoms with Crippen molar-refractivity contribution in [2.24, 2.45) is 0 Å². The number of carbonyl (C=O) groups is 1. The second kappa shape index (κ2) is 7.68. The van der Waals surface area contributed by atoms with Crippen LogP contribution in [-0.4, -0.2) is 40.7 Å². The Morgan fingerprint density at radius 3 is 2.37 bits per heavy atom. The first-order chi connectivity index (χ1) is 13.1. The second-order valence-electron chi connectivity index (χ2n) is 7.05. The van der Waals surface area contributed by atoms with Crippen LogP contribution in [0.25, 0.3) is 0 Å². The summed E-state index contributed by atoms with van der Waals surface area (Å²) < 4.78 is 33.5. The highest BCUT2D eigenvalue weighted by Gasteiger charge is 2.29. The van der Waals surface area contributed by atoms with Crippen molar-refractivity contribution in [1.82, 2.24) is 15.1 Å². The zero-order chi connectivity index (χ0) is 18.8. The highest BCUT2D eigenvalue weighted by Crippen LogP contribution is 2.32. The molecule has 0 bridgehead atoms. The van der Waals surface area contributed by atoms with Crippen molar-refractivity contribution < 1.29 is 18.3 Å². The van der Waals surface area contributed by atoms with E-state index in [0.29, 0.717) is 25.9 Å². The van der Waals surface area contributed by atoms with Gasteiger partial charge in [0.1, 0.15) is 17.7 Å². The maximum absolute atomic E-state index is 14.0. The number of hydrogen-bond donors (Lipinski definition) is 0. The van der Waals surface area contributed by atoms with E-state index >= 15 is 0 Å². The van der Waals surface area contributed by atoms with Crippen molar-refractivity contribution in [1.29, 1.82) is 0 Å². The SMILES string of the molecule is O=C(c1ccc(C2CCCO2)nn1)N1CCC(c2c(F)cccc2F)CC1. The van der Waals surface area contributed by atoms with Crippen molar-refractivity contribution in [3.05, 3.63) is 58.9 Å². The lowest BCUT2D eigenvalue weighted by atomic mass is 9.88. The van der Waals surface area contributed by atoms with Crippen LogP contribution < -0.4 is 0 Å². The molecule has 1 unspecified atom stereocenters. The van der Waals surface area contributed by atoms with Crippen LogP contribution in [0.1, 0.15) is 59.5 Å². The Balaban J connectivity index is 1.40. The molecule has 0 N–H and O–H groups in total. The lowest BCUT2D eigenvalue weighted by Crippen LogP contribution is -2.38. The third kappa shape index (κ3) is 3.69. The van der Waals surface area contributed by atoms with Gasteiger partial charge in [-0.25, -0.2) is 8.78 Å². The van der Waals surface area contributed by atoms with Crippen LogP contribution in [0.5, 0.6) is 0 Å². The number of amides is 1. The second-order valence-corrected chi connectivity index (χ2v) is 7.05. The maximum atomic E-state index is 14.0. The first-order valence-electron chi connectivity index (χ1n) is 9.32. The van der Waals surface area contributed by atoms with Gasteiger partial charge in [-0.3, -0.25) is 4.79 Å². The minimum absolute atomic E-state index is 0.0342. The topological polar surface area (TPSA) is 55.3 Å². The Bertz CT molecular complexity index is 794. The minimum Gasteiger partial charge on any atom is -0.372 e. The van der Waals surface area contributed by atoms with E-state index in [1.807, 2.05) is 0 Å². The van der Waals surface area contributed by atoms with Crippen LogP contribution in [0.2, 0.25) is 0 Å². The Labute approximate surface area is 156 Å². The molecule has 0 spiro atoms. The fraction of sp³-hybridized carbons (Fsp3) is 0.450. The Morgan fingerprint density at radius 2 is 1.78 bits per heavy atom. The largest absolute Gasteiger partial charge is 0.372 e. The fourth-order valence-corrected chi connectivity index (χ4v) is 3.87. The van der Waals surface area contributed by atoms with Gasteiger partial charge >= 0.3 is 0 Å². The van der Waals surface area contributed by atoms with E-state index in [-0.39, 0.29) is 29.2 Å². The van der Waals surface area contributed by atoms with Crippen LogP contribution >= 0.6 is 0 Å². The molecule has 27 heavy (non-hydrogen) atoms. The average Bonchev–Trinajstić information content (AvgIpc) is 3.23. The fourth-order valence-electron chi connectivity index (χ4n) is 3.87. The minimum atomic E-state index is -0.518. The third-order valence-corrected chi connectivity index (χ3v) is 5.35. The van der Waals surface area contributed by atoms with Crippen molar-refractivity contribution in [3.8, 4) is 0 Å². The summed E-state index contributed by atoms with van der Waals surface area (Å²) in [5, 5.41) is 8.20. The van der Waals surface area contributed by atoms with E-state index in [1.165, 1.54) is 18.2 Å². The predicted octanol–water partition coefficient (Wildman–Crippen LogP) is 3.63. The molecule has 2 saturated heterocycles. The standard InChI is InChI=1S/C20H21F2N3O2/c21-14-3-1-4-15(22)19(14)13-8-10-25(11-9-13)20(26)17-7-6-16(23-24-17)18-5-2-12-27-18/h1,3-4,6-7,13,18H,2,5,8-12H2. The summed E-state index contributed by atoms with van der Waals surface area (Å²) >= 11 is 0. The summed E-state index contributed by atoms with van der Waals surface area (Å²) in [6.07, 6.45) is 2.93. The number of likely N-dealkylation sites (tertiary alicyclic amines) is 1. The van der Waals surface area contributed by atoms with E-state index in [0.717, 1.165) is 25.1 Å². The van der Waals surface area contributed by atoms with Gasteiger partial charge in [-0.05, 0) is 55.9 Å². The number of rotatable bonds is 3. The lowest BCUT2D eigenvalue weighted by Gasteiger charge is -2.32. The third-order valence-electron chi connectivity index (χ3n) is 5.35. The molecule has 1 aromatic carbocycles. The molecule has 142 valence electrons. The molecule has 2 aliphatic rings. The highest BCUT2D eigenvalue weighted by molar-refractivity contribution is 5.92. The molecular formula is C20H21F2N3O2. The monoisotopic (exact) mass is 373 g/mol. The first kappa shape index (κ1) is 18.0.